The Morgan fingerprint density at radius 2 is 0.897 bits per heavy atom. The standard InChI is InChI=1S/C28H32N/c1-19-15-21(3)27(22(4)16-19)13-11-25-9-8-10-26(29(25)7)12-14-28-23(5)17-20(2)18-24(28)6/h8-18H,1-7H3/q+1/b13-11+,14-12+. The van der Waals surface area contributed by atoms with Gasteiger partial charge in [0.15, 0.2) is 0 Å². The zero-order chi connectivity index (χ0) is 21.1. The molecule has 0 bridgehead atoms. The summed E-state index contributed by atoms with van der Waals surface area (Å²) in [6.07, 6.45) is 8.90. The fourth-order valence-electron chi connectivity index (χ4n) is 4.20. The fourth-order valence-corrected chi connectivity index (χ4v) is 4.20. The summed E-state index contributed by atoms with van der Waals surface area (Å²) in [5.74, 6) is 0. The minimum Gasteiger partial charge on any atom is -0.195 e. The van der Waals surface area contributed by atoms with Gasteiger partial charge in [0.05, 0.1) is 0 Å². The molecule has 0 saturated heterocycles. The zero-order valence-electron chi connectivity index (χ0n) is 18.8. The van der Waals surface area contributed by atoms with Gasteiger partial charge in [0.2, 0.25) is 11.4 Å². The van der Waals surface area contributed by atoms with Crippen molar-refractivity contribution in [3.05, 3.63) is 98.4 Å². The molecule has 2 aromatic carbocycles. The maximum absolute atomic E-state index is 2.25. The molecule has 0 aliphatic heterocycles. The largest absolute Gasteiger partial charge is 0.205 e. The molecule has 1 nitrogen and oxygen atoms in total. The quantitative estimate of drug-likeness (QED) is 0.442. The molecule has 0 atom stereocenters. The smallest absolute Gasteiger partial charge is 0.195 e. The predicted octanol–water partition coefficient (Wildman–Crippen LogP) is 6.70. The van der Waals surface area contributed by atoms with Crippen molar-refractivity contribution in [2.75, 3.05) is 0 Å². The van der Waals surface area contributed by atoms with E-state index in [4.69, 9.17) is 0 Å². The van der Waals surface area contributed by atoms with Gasteiger partial charge in [-0.1, -0.05) is 35.4 Å². The van der Waals surface area contributed by atoms with Gasteiger partial charge in [-0.15, -0.1) is 0 Å². The molecular weight excluding hydrogens is 350 g/mol. The lowest BCUT2D eigenvalue weighted by Gasteiger charge is -2.07. The van der Waals surface area contributed by atoms with Crippen LogP contribution in [0.5, 0.6) is 0 Å². The van der Waals surface area contributed by atoms with Crippen molar-refractivity contribution >= 4 is 24.3 Å². The Hall–Kier alpha value is -2.93. The number of pyridine rings is 1. The van der Waals surface area contributed by atoms with E-state index in [1.807, 2.05) is 0 Å². The molecule has 29 heavy (non-hydrogen) atoms. The van der Waals surface area contributed by atoms with Crippen molar-refractivity contribution in [3.63, 3.8) is 0 Å². The number of hydrogen-bond donors (Lipinski definition) is 0. The van der Waals surface area contributed by atoms with E-state index in [1.165, 1.54) is 55.9 Å². The van der Waals surface area contributed by atoms with Gasteiger partial charge < -0.3 is 0 Å². The molecule has 1 heteroatoms. The van der Waals surface area contributed by atoms with E-state index in [-0.39, 0.29) is 0 Å². The van der Waals surface area contributed by atoms with Crippen LogP contribution in [0.15, 0.2) is 42.5 Å². The third-order valence-corrected chi connectivity index (χ3v) is 5.63. The molecule has 0 fully saturated rings. The molecule has 0 aliphatic rings. The first-order valence-electron chi connectivity index (χ1n) is 10.3. The van der Waals surface area contributed by atoms with Gasteiger partial charge in [-0.3, -0.25) is 0 Å². The summed E-state index contributed by atoms with van der Waals surface area (Å²) in [5, 5.41) is 0. The first-order valence-corrected chi connectivity index (χ1v) is 10.3. The number of rotatable bonds is 4. The second-order valence-electron chi connectivity index (χ2n) is 8.23. The van der Waals surface area contributed by atoms with Crippen LogP contribution in [0.3, 0.4) is 0 Å². The lowest BCUT2D eigenvalue weighted by molar-refractivity contribution is -0.675. The van der Waals surface area contributed by atoms with Crippen LogP contribution in [-0.4, -0.2) is 0 Å². The monoisotopic (exact) mass is 382 g/mol. The Labute approximate surface area is 176 Å². The van der Waals surface area contributed by atoms with Crippen LogP contribution in [0.2, 0.25) is 0 Å². The Balaban J connectivity index is 1.93. The SMILES string of the molecule is Cc1cc(C)c(/C=C/c2cccc(/C=C/c3c(C)cc(C)cc3C)[n+]2C)c(C)c1. The highest BCUT2D eigenvalue weighted by molar-refractivity contribution is 5.73. The van der Waals surface area contributed by atoms with E-state index >= 15 is 0 Å². The molecule has 1 heterocycles. The minimum atomic E-state index is 1.18. The van der Waals surface area contributed by atoms with Crippen LogP contribution in [0, 0.1) is 41.5 Å². The number of benzene rings is 2. The predicted molar refractivity (Wildman–Crippen MR) is 127 cm³/mol. The first-order chi connectivity index (χ1) is 13.8. The summed E-state index contributed by atoms with van der Waals surface area (Å²) in [7, 11) is 2.13. The number of aryl methyl sites for hydroxylation is 6. The van der Waals surface area contributed by atoms with Gasteiger partial charge in [-0.25, -0.2) is 0 Å². The second kappa shape index (κ2) is 8.61. The zero-order valence-corrected chi connectivity index (χ0v) is 18.8. The maximum Gasteiger partial charge on any atom is 0.205 e. The van der Waals surface area contributed by atoms with Gasteiger partial charge in [-0.05, 0) is 93.1 Å². The highest BCUT2D eigenvalue weighted by Gasteiger charge is 2.09. The Bertz CT molecular complexity index is 981. The average molecular weight is 383 g/mol. The molecule has 148 valence electrons. The number of nitrogens with zero attached hydrogens (tertiary/aromatic N) is 1. The van der Waals surface area contributed by atoms with Crippen LogP contribution >= 0.6 is 0 Å². The van der Waals surface area contributed by atoms with Gasteiger partial charge in [-0.2, -0.15) is 4.57 Å². The molecule has 0 N–H and O–H groups in total. The van der Waals surface area contributed by atoms with E-state index in [1.54, 1.807) is 0 Å². The normalized spacial score (nSPS) is 11.7. The Morgan fingerprint density at radius 1 is 0.552 bits per heavy atom. The molecular formula is C28H32N+. The molecule has 0 unspecified atom stereocenters. The van der Waals surface area contributed by atoms with E-state index in [0.717, 1.165) is 0 Å². The molecule has 3 rings (SSSR count). The lowest BCUT2D eigenvalue weighted by Crippen LogP contribution is -2.35. The minimum absolute atomic E-state index is 1.18. The topological polar surface area (TPSA) is 3.88 Å². The van der Waals surface area contributed by atoms with Crippen molar-refractivity contribution < 1.29 is 4.57 Å². The molecule has 0 aliphatic carbocycles. The van der Waals surface area contributed by atoms with Gasteiger partial charge in [0, 0.05) is 24.3 Å². The summed E-state index contributed by atoms with van der Waals surface area (Å²) < 4.78 is 2.24. The maximum atomic E-state index is 2.25. The lowest BCUT2D eigenvalue weighted by atomic mass is 9.99. The molecule has 0 saturated carbocycles. The molecule has 3 aromatic rings. The van der Waals surface area contributed by atoms with E-state index in [2.05, 4.69) is 120 Å². The van der Waals surface area contributed by atoms with Crippen LogP contribution in [0.25, 0.3) is 24.3 Å². The number of aromatic nitrogens is 1. The van der Waals surface area contributed by atoms with Crippen molar-refractivity contribution in [1.82, 2.24) is 0 Å². The third kappa shape index (κ3) is 4.74. The molecule has 0 radical (unpaired) electrons. The van der Waals surface area contributed by atoms with Gasteiger partial charge >= 0.3 is 0 Å². The van der Waals surface area contributed by atoms with Crippen molar-refractivity contribution in [1.29, 1.82) is 0 Å². The van der Waals surface area contributed by atoms with E-state index < -0.39 is 0 Å². The summed E-state index contributed by atoms with van der Waals surface area (Å²) in [6.45, 7) is 13.0. The van der Waals surface area contributed by atoms with E-state index in [0.29, 0.717) is 0 Å². The van der Waals surface area contributed by atoms with Gasteiger partial charge in [0.1, 0.15) is 7.05 Å². The van der Waals surface area contributed by atoms with E-state index in [9.17, 15) is 0 Å². The molecule has 0 amide bonds. The second-order valence-corrected chi connectivity index (χ2v) is 8.23. The van der Waals surface area contributed by atoms with Crippen LogP contribution in [-0.2, 0) is 7.05 Å². The van der Waals surface area contributed by atoms with Crippen LogP contribution in [0.1, 0.15) is 55.9 Å². The first kappa shape index (κ1) is 20.8. The molecule has 0 spiro atoms. The van der Waals surface area contributed by atoms with Crippen LogP contribution in [0.4, 0.5) is 0 Å². The highest BCUT2D eigenvalue weighted by atomic mass is 14.9. The summed E-state index contributed by atoms with van der Waals surface area (Å²) in [4.78, 5) is 0. The average Bonchev–Trinajstić information content (AvgIpc) is 2.62. The highest BCUT2D eigenvalue weighted by Crippen LogP contribution is 2.20. The van der Waals surface area contributed by atoms with Crippen LogP contribution < -0.4 is 4.57 Å². The third-order valence-electron chi connectivity index (χ3n) is 5.63. The fraction of sp³-hybridized carbons (Fsp3) is 0.250. The van der Waals surface area contributed by atoms with Crippen molar-refractivity contribution in [3.8, 4) is 0 Å². The Morgan fingerprint density at radius 3 is 1.24 bits per heavy atom. The summed E-state index contributed by atoms with van der Waals surface area (Å²) >= 11 is 0. The summed E-state index contributed by atoms with van der Waals surface area (Å²) in [5.41, 5.74) is 12.9. The van der Waals surface area contributed by atoms with Crippen molar-refractivity contribution in [2.45, 2.75) is 41.5 Å². The van der Waals surface area contributed by atoms with Crippen molar-refractivity contribution in [2.24, 2.45) is 7.05 Å². The summed E-state index contributed by atoms with van der Waals surface area (Å²) in [6, 6.07) is 15.4. The number of hydrogen-bond acceptors (Lipinski definition) is 0. The van der Waals surface area contributed by atoms with Gasteiger partial charge in [0.25, 0.3) is 0 Å². The molecule has 1 aromatic heterocycles. The Kier molecular flexibility index (Phi) is 6.17.